The van der Waals surface area contributed by atoms with Crippen molar-refractivity contribution >= 4 is 24.1 Å². The van der Waals surface area contributed by atoms with Crippen LogP contribution in [0, 0.1) is 0 Å². The number of nitrogens with zero attached hydrogens (tertiary/aromatic N) is 1. The van der Waals surface area contributed by atoms with Crippen molar-refractivity contribution in [1.29, 1.82) is 0 Å². The van der Waals surface area contributed by atoms with E-state index in [4.69, 9.17) is 11.0 Å². The molecule has 0 aromatic heterocycles. The molecule has 2 rings (SSSR count). The highest BCUT2D eigenvalue weighted by Gasteiger charge is 2.18. The van der Waals surface area contributed by atoms with Gasteiger partial charge in [0.2, 0.25) is 0 Å². The smallest absolute Gasteiger partial charge is 0.300 e. The predicted octanol–water partition coefficient (Wildman–Crippen LogP) is 2.30. The Morgan fingerprint density at radius 1 is 1.06 bits per heavy atom. The Morgan fingerprint density at radius 3 is 2.38 bits per heavy atom. The monoisotopic (exact) mass is 235 g/mol. The highest BCUT2D eigenvalue weighted by molar-refractivity contribution is 7.60. The zero-order chi connectivity index (χ0) is 11.8. The van der Waals surface area contributed by atoms with Gasteiger partial charge in [-0.1, -0.05) is 36.4 Å². The number of anilines is 1. The molecule has 5 heteroatoms. The van der Waals surface area contributed by atoms with Gasteiger partial charge in [-0.15, -0.1) is 0 Å². The number of hydrogen-bond donors (Lipinski definition) is 2. The van der Waals surface area contributed by atoms with Crippen LogP contribution in [0.2, 0.25) is 0 Å². The molecule has 4 N–H and O–H groups in total. The van der Waals surface area contributed by atoms with Crippen LogP contribution in [0.1, 0.15) is 0 Å². The van der Waals surface area contributed by atoms with Gasteiger partial charge in [0.1, 0.15) is 0 Å². The molecule has 0 heterocycles. The fourth-order valence-electron chi connectivity index (χ4n) is 1.66. The molecule has 84 valence electrons. The van der Waals surface area contributed by atoms with Crippen molar-refractivity contribution in [2.24, 2.45) is 11.0 Å². The molecule has 16 heavy (non-hydrogen) atoms. The molecule has 0 aliphatic carbocycles. The molecule has 0 bridgehead atoms. The predicted molar refractivity (Wildman–Crippen MR) is 68.3 cm³/mol. The zero-order valence-electron chi connectivity index (χ0n) is 9.00. The fraction of sp³-hybridized carbons (Fsp3) is 0.0909. The second-order valence-corrected chi connectivity index (χ2v) is 5.64. The summed E-state index contributed by atoms with van der Waals surface area (Å²) in [5.74, 6) is 0. The van der Waals surface area contributed by atoms with Gasteiger partial charge in [0.15, 0.2) is 0 Å². The summed E-state index contributed by atoms with van der Waals surface area (Å²) in [5.41, 5.74) is 11.7. The molecule has 0 fully saturated rings. The minimum atomic E-state index is -3.25. The SMILES string of the molecule is CN(c1cccc2ccccc12)P(N)(N)=O. The van der Waals surface area contributed by atoms with Crippen LogP contribution in [0.25, 0.3) is 10.8 Å². The van der Waals surface area contributed by atoms with Crippen LogP contribution >= 0.6 is 7.59 Å². The molecular formula is C11H14N3OP. The minimum Gasteiger partial charge on any atom is -0.302 e. The molecule has 4 nitrogen and oxygen atoms in total. The van der Waals surface area contributed by atoms with Crippen molar-refractivity contribution in [2.45, 2.75) is 0 Å². The summed E-state index contributed by atoms with van der Waals surface area (Å²) in [6.45, 7) is 0. The summed E-state index contributed by atoms with van der Waals surface area (Å²) in [4.78, 5) is 0. The lowest BCUT2D eigenvalue weighted by Crippen LogP contribution is -2.24. The largest absolute Gasteiger partial charge is 0.302 e. The second kappa shape index (κ2) is 3.91. The molecule has 0 amide bonds. The average Bonchev–Trinajstić information content (AvgIpc) is 2.26. The van der Waals surface area contributed by atoms with E-state index in [-0.39, 0.29) is 0 Å². The Kier molecular flexibility index (Phi) is 2.72. The third-order valence-electron chi connectivity index (χ3n) is 2.58. The van der Waals surface area contributed by atoms with Crippen molar-refractivity contribution in [2.75, 3.05) is 11.7 Å². The molecule has 0 unspecified atom stereocenters. The van der Waals surface area contributed by atoms with Crippen LogP contribution in [0.4, 0.5) is 5.69 Å². The van der Waals surface area contributed by atoms with E-state index in [9.17, 15) is 4.57 Å². The van der Waals surface area contributed by atoms with Crippen LogP contribution in [-0.4, -0.2) is 7.05 Å². The van der Waals surface area contributed by atoms with Crippen molar-refractivity contribution in [3.8, 4) is 0 Å². The van der Waals surface area contributed by atoms with E-state index in [1.165, 1.54) is 4.67 Å². The summed E-state index contributed by atoms with van der Waals surface area (Å²) in [7, 11) is -1.61. The summed E-state index contributed by atoms with van der Waals surface area (Å²) in [5, 5.41) is 2.06. The van der Waals surface area contributed by atoms with Gasteiger partial charge in [-0.3, -0.25) is 15.6 Å². The van der Waals surface area contributed by atoms with Crippen LogP contribution in [0.15, 0.2) is 42.5 Å². The normalized spacial score (nSPS) is 11.7. The fourth-order valence-corrected chi connectivity index (χ4v) is 2.17. The van der Waals surface area contributed by atoms with Gasteiger partial charge >= 0.3 is 0 Å². The minimum absolute atomic E-state index is 0.784. The standard InChI is InChI=1S/C11H14N3OP/c1-14(16(12,13)15)11-8-4-6-9-5-2-3-7-10(9)11/h2-8H,1H3,(H4,12,13,15). The number of rotatable bonds is 2. The highest BCUT2D eigenvalue weighted by Crippen LogP contribution is 2.38. The third kappa shape index (κ3) is 1.95. The maximum Gasteiger partial charge on any atom is 0.300 e. The molecule has 2 aromatic carbocycles. The number of benzene rings is 2. The average molecular weight is 235 g/mol. The summed E-state index contributed by atoms with van der Waals surface area (Å²) in [6, 6.07) is 13.6. The van der Waals surface area contributed by atoms with Crippen LogP contribution in [0.5, 0.6) is 0 Å². The molecular weight excluding hydrogens is 221 g/mol. The second-order valence-electron chi connectivity index (χ2n) is 3.69. The van der Waals surface area contributed by atoms with Gasteiger partial charge in [-0.05, 0) is 11.5 Å². The molecule has 0 saturated carbocycles. The zero-order valence-corrected chi connectivity index (χ0v) is 9.89. The Morgan fingerprint density at radius 2 is 1.69 bits per heavy atom. The van der Waals surface area contributed by atoms with E-state index in [1.54, 1.807) is 7.05 Å². The highest BCUT2D eigenvalue weighted by atomic mass is 31.2. The molecule has 0 aliphatic heterocycles. The summed E-state index contributed by atoms with van der Waals surface area (Å²) < 4.78 is 13.1. The van der Waals surface area contributed by atoms with E-state index in [0.29, 0.717) is 0 Å². The Labute approximate surface area is 94.4 Å². The van der Waals surface area contributed by atoms with E-state index >= 15 is 0 Å². The number of fused-ring (bicyclic) bond motifs is 1. The van der Waals surface area contributed by atoms with Gasteiger partial charge < -0.3 is 4.67 Å². The van der Waals surface area contributed by atoms with E-state index in [0.717, 1.165) is 16.5 Å². The third-order valence-corrected chi connectivity index (χ3v) is 3.74. The molecule has 0 radical (unpaired) electrons. The lowest BCUT2D eigenvalue weighted by Gasteiger charge is -2.24. The Bertz CT molecular complexity index is 559. The first-order valence-electron chi connectivity index (χ1n) is 4.89. The summed E-state index contributed by atoms with van der Waals surface area (Å²) in [6.07, 6.45) is 0. The topological polar surface area (TPSA) is 72.3 Å². The Balaban J connectivity index is 2.65. The van der Waals surface area contributed by atoms with Crippen molar-refractivity contribution in [1.82, 2.24) is 0 Å². The lowest BCUT2D eigenvalue weighted by atomic mass is 10.1. The van der Waals surface area contributed by atoms with Crippen LogP contribution in [-0.2, 0) is 4.57 Å². The van der Waals surface area contributed by atoms with Gasteiger partial charge in [0, 0.05) is 12.4 Å². The molecule has 0 atom stereocenters. The first-order valence-corrected chi connectivity index (χ1v) is 6.69. The maximum absolute atomic E-state index is 11.6. The quantitative estimate of drug-likeness (QED) is 0.783. The van der Waals surface area contributed by atoms with Crippen LogP contribution < -0.4 is 15.7 Å². The van der Waals surface area contributed by atoms with Gasteiger partial charge in [0.05, 0.1) is 5.69 Å². The molecule has 0 spiro atoms. The Hall–Kier alpha value is -1.35. The van der Waals surface area contributed by atoms with Crippen molar-refractivity contribution in [3.05, 3.63) is 42.5 Å². The summed E-state index contributed by atoms with van der Waals surface area (Å²) >= 11 is 0. The van der Waals surface area contributed by atoms with E-state index < -0.39 is 7.59 Å². The number of hydrogen-bond acceptors (Lipinski definition) is 1. The van der Waals surface area contributed by atoms with Crippen LogP contribution in [0.3, 0.4) is 0 Å². The molecule has 0 aliphatic rings. The maximum atomic E-state index is 11.6. The first kappa shape index (κ1) is 11.1. The van der Waals surface area contributed by atoms with Gasteiger partial charge in [-0.2, -0.15) is 0 Å². The van der Waals surface area contributed by atoms with Crippen molar-refractivity contribution < 1.29 is 4.57 Å². The lowest BCUT2D eigenvalue weighted by molar-refractivity contribution is 0.575. The molecule has 2 aromatic rings. The van der Waals surface area contributed by atoms with E-state index in [1.807, 2.05) is 42.5 Å². The van der Waals surface area contributed by atoms with Gasteiger partial charge in [-0.25, -0.2) is 0 Å². The van der Waals surface area contributed by atoms with Crippen molar-refractivity contribution in [3.63, 3.8) is 0 Å². The molecule has 0 saturated heterocycles. The first-order chi connectivity index (χ1) is 7.50. The van der Waals surface area contributed by atoms with E-state index in [2.05, 4.69) is 0 Å². The van der Waals surface area contributed by atoms with Gasteiger partial charge in [0.25, 0.3) is 7.59 Å². The number of nitrogens with two attached hydrogens (primary N) is 2.